The molecule has 35 heavy (non-hydrogen) atoms. The molecule has 2 amide bonds. The Kier molecular flexibility index (Phi) is 6.81. The quantitative estimate of drug-likeness (QED) is 0.673. The predicted octanol–water partition coefficient (Wildman–Crippen LogP) is 3.45. The summed E-state index contributed by atoms with van der Waals surface area (Å²) in [6, 6.07) is 6.46. The lowest BCUT2D eigenvalue weighted by atomic mass is 10.1. The van der Waals surface area contributed by atoms with Gasteiger partial charge in [-0.2, -0.15) is 0 Å². The number of benzene rings is 1. The number of carbonyl (C=O) groups excluding carboxylic acids is 2. The number of pyridine rings is 1. The summed E-state index contributed by atoms with van der Waals surface area (Å²) < 4.78 is 25.9. The van der Waals surface area contributed by atoms with Gasteiger partial charge in [-0.25, -0.2) is 14.0 Å². The lowest BCUT2D eigenvalue weighted by molar-refractivity contribution is -0.138. The number of halogens is 1. The first-order chi connectivity index (χ1) is 16.6. The SMILES string of the molecule is [C-]#[N+]c1ccc(N2C[C@@H](C)O[C@@H](C(=O)NC3CN(C(=O)OC(C)(C)C)C[C@H]3F)C2)c2cccnc12. The van der Waals surface area contributed by atoms with E-state index in [2.05, 4.69) is 15.1 Å². The number of hydrogen-bond donors (Lipinski definition) is 1. The van der Waals surface area contributed by atoms with Crippen molar-refractivity contribution in [1.82, 2.24) is 15.2 Å². The maximum atomic E-state index is 14.7. The molecule has 0 radical (unpaired) electrons. The molecular formula is C25H30FN5O4. The molecule has 0 saturated carbocycles. The number of amides is 2. The predicted molar refractivity (Wildman–Crippen MR) is 129 cm³/mol. The van der Waals surface area contributed by atoms with Crippen LogP contribution in [0.5, 0.6) is 0 Å². The van der Waals surface area contributed by atoms with Crippen LogP contribution in [0.4, 0.5) is 20.6 Å². The summed E-state index contributed by atoms with van der Waals surface area (Å²) in [6.45, 7) is 15.2. The van der Waals surface area contributed by atoms with Crippen LogP contribution in [0.3, 0.4) is 0 Å². The van der Waals surface area contributed by atoms with Gasteiger partial charge in [-0.15, -0.1) is 0 Å². The normalized spacial score (nSPS) is 24.8. The van der Waals surface area contributed by atoms with E-state index in [4.69, 9.17) is 16.0 Å². The Morgan fingerprint density at radius 2 is 2.00 bits per heavy atom. The van der Waals surface area contributed by atoms with Gasteiger partial charge in [-0.05, 0) is 39.8 Å². The highest BCUT2D eigenvalue weighted by Crippen LogP contribution is 2.34. The average molecular weight is 484 g/mol. The monoisotopic (exact) mass is 483 g/mol. The molecule has 4 atom stereocenters. The van der Waals surface area contributed by atoms with Gasteiger partial charge in [-0.1, -0.05) is 12.1 Å². The zero-order valence-electron chi connectivity index (χ0n) is 20.3. The third-order valence-corrected chi connectivity index (χ3v) is 5.97. The minimum absolute atomic E-state index is 0.0300. The average Bonchev–Trinajstić information content (AvgIpc) is 3.17. The largest absolute Gasteiger partial charge is 0.444 e. The highest BCUT2D eigenvalue weighted by molar-refractivity contribution is 6.00. The van der Waals surface area contributed by atoms with Crippen molar-refractivity contribution in [3.63, 3.8) is 0 Å². The molecular weight excluding hydrogens is 453 g/mol. The molecule has 2 saturated heterocycles. The standard InChI is InChI=1S/C25H30FN5O4/c1-15-11-30(20-9-8-18(27-5)22-16(20)7-6-10-28-22)14-21(34-15)23(32)29-19-13-31(12-17(19)26)24(33)35-25(2,3)4/h6-10,15,17,19,21H,11-14H2,1-4H3,(H,29,32)/t15-,17-,19?,21-/m1/s1. The minimum Gasteiger partial charge on any atom is -0.444 e. The molecule has 1 unspecified atom stereocenters. The van der Waals surface area contributed by atoms with Gasteiger partial charge in [0.15, 0.2) is 6.10 Å². The van der Waals surface area contributed by atoms with Crippen molar-refractivity contribution >= 4 is 34.3 Å². The highest BCUT2D eigenvalue weighted by Gasteiger charge is 2.40. The van der Waals surface area contributed by atoms with Crippen LogP contribution in [0.1, 0.15) is 27.7 Å². The zero-order chi connectivity index (χ0) is 25.3. The van der Waals surface area contributed by atoms with Crippen LogP contribution in [-0.4, -0.2) is 78.1 Å². The van der Waals surface area contributed by atoms with Crippen LogP contribution in [0.2, 0.25) is 0 Å². The van der Waals surface area contributed by atoms with Gasteiger partial charge in [0.2, 0.25) is 5.69 Å². The molecule has 10 heteroatoms. The molecule has 2 aliphatic rings. The number of hydrogen-bond acceptors (Lipinski definition) is 6. The number of ether oxygens (including phenoxy) is 2. The summed E-state index contributed by atoms with van der Waals surface area (Å²) in [4.78, 5) is 36.6. The number of anilines is 1. The Morgan fingerprint density at radius 1 is 1.23 bits per heavy atom. The van der Waals surface area contributed by atoms with Crippen molar-refractivity contribution in [1.29, 1.82) is 0 Å². The minimum atomic E-state index is -1.40. The van der Waals surface area contributed by atoms with E-state index >= 15 is 0 Å². The van der Waals surface area contributed by atoms with E-state index in [9.17, 15) is 14.0 Å². The Balaban J connectivity index is 1.46. The Hall–Kier alpha value is -3.45. The Bertz CT molecular complexity index is 1160. The van der Waals surface area contributed by atoms with E-state index in [0.29, 0.717) is 17.7 Å². The molecule has 3 heterocycles. The van der Waals surface area contributed by atoms with Gasteiger partial charge in [-0.3, -0.25) is 9.78 Å². The van der Waals surface area contributed by atoms with Crippen molar-refractivity contribution in [2.75, 3.05) is 31.1 Å². The van der Waals surface area contributed by atoms with Crippen molar-refractivity contribution in [3.05, 3.63) is 41.9 Å². The number of likely N-dealkylation sites (tertiary alicyclic amines) is 1. The molecule has 1 aromatic carbocycles. The lowest BCUT2D eigenvalue weighted by Gasteiger charge is -2.38. The topological polar surface area (TPSA) is 88.4 Å². The van der Waals surface area contributed by atoms with Gasteiger partial charge < -0.3 is 24.6 Å². The molecule has 0 aliphatic carbocycles. The molecule has 1 aromatic heterocycles. The third kappa shape index (κ3) is 5.46. The second-order valence-corrected chi connectivity index (χ2v) is 9.97. The Labute approximate surface area is 204 Å². The van der Waals surface area contributed by atoms with Crippen molar-refractivity contribution in [3.8, 4) is 0 Å². The van der Waals surface area contributed by atoms with E-state index in [-0.39, 0.29) is 25.7 Å². The van der Waals surface area contributed by atoms with Gasteiger partial charge in [0.25, 0.3) is 5.91 Å². The Morgan fingerprint density at radius 3 is 2.71 bits per heavy atom. The van der Waals surface area contributed by atoms with Crippen molar-refractivity contribution in [2.24, 2.45) is 0 Å². The van der Waals surface area contributed by atoms with Crippen LogP contribution in [0.15, 0.2) is 30.5 Å². The first-order valence-corrected chi connectivity index (χ1v) is 11.6. The van der Waals surface area contributed by atoms with Crippen LogP contribution >= 0.6 is 0 Å². The summed E-state index contributed by atoms with van der Waals surface area (Å²) in [6.07, 6.45) is -1.44. The summed E-state index contributed by atoms with van der Waals surface area (Å²) >= 11 is 0. The number of carbonyl (C=O) groups is 2. The van der Waals surface area contributed by atoms with E-state index in [1.165, 1.54) is 4.90 Å². The molecule has 2 aromatic rings. The van der Waals surface area contributed by atoms with Crippen molar-refractivity contribution in [2.45, 2.75) is 57.7 Å². The summed E-state index contributed by atoms with van der Waals surface area (Å²) in [5.74, 6) is -0.430. The number of nitrogens with one attached hydrogen (secondary N) is 1. The van der Waals surface area contributed by atoms with E-state index in [1.54, 1.807) is 33.0 Å². The van der Waals surface area contributed by atoms with Crippen LogP contribution in [-0.2, 0) is 14.3 Å². The zero-order valence-corrected chi connectivity index (χ0v) is 20.3. The van der Waals surface area contributed by atoms with E-state index < -0.39 is 35.9 Å². The van der Waals surface area contributed by atoms with Gasteiger partial charge in [0, 0.05) is 30.4 Å². The molecule has 9 nitrogen and oxygen atoms in total. The van der Waals surface area contributed by atoms with E-state index in [0.717, 1.165) is 11.1 Å². The fraction of sp³-hybridized carbons (Fsp3) is 0.520. The second kappa shape index (κ2) is 9.66. The van der Waals surface area contributed by atoms with Crippen LogP contribution < -0.4 is 10.2 Å². The summed E-state index contributed by atoms with van der Waals surface area (Å²) in [5, 5.41) is 3.55. The van der Waals surface area contributed by atoms with E-state index in [1.807, 2.05) is 30.0 Å². The number of nitrogens with zero attached hydrogens (tertiary/aromatic N) is 4. The first kappa shape index (κ1) is 24.7. The fourth-order valence-electron chi connectivity index (χ4n) is 4.45. The summed E-state index contributed by atoms with van der Waals surface area (Å²) in [5.41, 5.74) is 1.24. The number of alkyl halides is 1. The number of aromatic nitrogens is 1. The number of fused-ring (bicyclic) bond motifs is 1. The number of rotatable bonds is 3. The van der Waals surface area contributed by atoms with Gasteiger partial charge in [0.05, 0.1) is 37.3 Å². The third-order valence-electron chi connectivity index (χ3n) is 5.97. The lowest BCUT2D eigenvalue weighted by Crippen LogP contribution is -2.55. The second-order valence-electron chi connectivity index (χ2n) is 9.97. The molecule has 0 spiro atoms. The first-order valence-electron chi connectivity index (χ1n) is 11.6. The maximum Gasteiger partial charge on any atom is 0.410 e. The molecule has 186 valence electrons. The van der Waals surface area contributed by atoms with Gasteiger partial charge in [0.1, 0.15) is 11.8 Å². The summed E-state index contributed by atoms with van der Waals surface area (Å²) in [7, 11) is 0. The molecule has 2 fully saturated rings. The highest BCUT2D eigenvalue weighted by atomic mass is 19.1. The molecule has 0 bridgehead atoms. The van der Waals surface area contributed by atoms with Gasteiger partial charge >= 0.3 is 6.09 Å². The molecule has 4 rings (SSSR count). The maximum absolute atomic E-state index is 14.7. The van der Waals surface area contributed by atoms with Crippen molar-refractivity contribution < 1.29 is 23.5 Å². The smallest absolute Gasteiger partial charge is 0.410 e. The fourth-order valence-corrected chi connectivity index (χ4v) is 4.45. The molecule has 2 aliphatic heterocycles. The number of morpholine rings is 1. The van der Waals surface area contributed by atoms with Crippen LogP contribution in [0.25, 0.3) is 15.7 Å². The van der Waals surface area contributed by atoms with Crippen LogP contribution in [0, 0.1) is 6.57 Å². The molecule has 1 N–H and O–H groups in total.